The molecule has 1 aromatic heterocycles. The van der Waals surface area contributed by atoms with Crippen LogP contribution < -0.4 is 10.5 Å². The number of aromatic nitrogens is 1. The van der Waals surface area contributed by atoms with Crippen molar-refractivity contribution in [3.8, 4) is 5.88 Å². The van der Waals surface area contributed by atoms with Gasteiger partial charge in [0.05, 0.1) is 11.9 Å². The van der Waals surface area contributed by atoms with Crippen molar-refractivity contribution in [1.29, 1.82) is 0 Å². The molecule has 4 nitrogen and oxygen atoms in total. The molecule has 1 aliphatic heterocycles. The number of likely N-dealkylation sites (tertiary alicyclic amines) is 1. The van der Waals surface area contributed by atoms with Crippen molar-refractivity contribution in [2.75, 3.05) is 32.0 Å². The second-order valence-electron chi connectivity index (χ2n) is 3.95. The summed E-state index contributed by atoms with van der Waals surface area (Å²) in [5, 5.41) is 0. The average Bonchev–Trinajstić information content (AvgIpc) is 2.70. The van der Waals surface area contributed by atoms with Crippen molar-refractivity contribution in [3.05, 3.63) is 18.3 Å². The third-order valence-electron chi connectivity index (χ3n) is 2.68. The second kappa shape index (κ2) is 5.12. The molecule has 2 N–H and O–H groups in total. The van der Waals surface area contributed by atoms with E-state index < -0.39 is 0 Å². The monoisotopic (exact) mass is 225 g/mol. The van der Waals surface area contributed by atoms with Crippen LogP contribution in [0.25, 0.3) is 0 Å². The fraction of sp³-hybridized carbons (Fsp3) is 0.545. The minimum absolute atomic E-state index is 0.114. The number of hydrogen-bond donors (Lipinski definition) is 1. The predicted molar refractivity (Wildman–Crippen MR) is 60.1 cm³/mol. The molecule has 0 saturated carbocycles. The molecule has 1 saturated heterocycles. The molecular weight excluding hydrogens is 209 g/mol. The topological polar surface area (TPSA) is 51.4 Å². The van der Waals surface area contributed by atoms with E-state index >= 15 is 0 Å². The molecule has 1 aromatic rings. The summed E-state index contributed by atoms with van der Waals surface area (Å²) in [6.45, 7) is 1.86. The van der Waals surface area contributed by atoms with E-state index in [1.807, 2.05) is 0 Å². The Labute approximate surface area is 94.2 Å². The Hall–Kier alpha value is -1.36. The average molecular weight is 225 g/mol. The molecule has 5 heteroatoms. The Bertz CT molecular complexity index is 331. The molecule has 1 atom stereocenters. The van der Waals surface area contributed by atoms with Crippen LogP contribution in [-0.4, -0.2) is 42.3 Å². The first-order valence-corrected chi connectivity index (χ1v) is 5.44. The molecule has 2 heterocycles. The number of alkyl halides is 1. The van der Waals surface area contributed by atoms with Crippen molar-refractivity contribution < 1.29 is 9.13 Å². The van der Waals surface area contributed by atoms with Gasteiger partial charge in [-0.15, -0.1) is 0 Å². The van der Waals surface area contributed by atoms with E-state index in [2.05, 4.69) is 9.88 Å². The molecule has 0 aromatic carbocycles. The smallest absolute Gasteiger partial charge is 0.213 e. The molecule has 0 spiro atoms. The van der Waals surface area contributed by atoms with Crippen molar-refractivity contribution >= 4 is 5.69 Å². The van der Waals surface area contributed by atoms with Crippen molar-refractivity contribution in [2.24, 2.45) is 0 Å². The van der Waals surface area contributed by atoms with E-state index in [1.54, 1.807) is 18.3 Å². The van der Waals surface area contributed by atoms with Gasteiger partial charge in [0.1, 0.15) is 12.8 Å². The van der Waals surface area contributed by atoms with Gasteiger partial charge in [-0.05, 0) is 12.5 Å². The molecule has 0 aliphatic carbocycles. The van der Waals surface area contributed by atoms with Gasteiger partial charge in [0.25, 0.3) is 0 Å². The minimum atomic E-state index is -0.299. The minimum Gasteiger partial charge on any atom is -0.473 e. The third-order valence-corrected chi connectivity index (χ3v) is 2.68. The Morgan fingerprint density at radius 1 is 1.56 bits per heavy atom. The maximum Gasteiger partial charge on any atom is 0.213 e. The van der Waals surface area contributed by atoms with Crippen LogP contribution in [0.3, 0.4) is 0 Å². The lowest BCUT2D eigenvalue weighted by Crippen LogP contribution is -2.26. The molecule has 88 valence electrons. The maximum atomic E-state index is 12.1. The first-order chi connectivity index (χ1) is 7.78. The normalized spacial score (nSPS) is 21.2. The Balaban J connectivity index is 1.84. The lowest BCUT2D eigenvalue weighted by Gasteiger charge is -2.14. The van der Waals surface area contributed by atoms with Gasteiger partial charge in [-0.2, -0.15) is 0 Å². The Morgan fingerprint density at radius 2 is 2.44 bits per heavy atom. The fourth-order valence-electron chi connectivity index (χ4n) is 1.85. The van der Waals surface area contributed by atoms with Gasteiger partial charge >= 0.3 is 0 Å². The van der Waals surface area contributed by atoms with Crippen LogP contribution in [0.15, 0.2) is 18.3 Å². The number of rotatable bonds is 4. The molecule has 0 bridgehead atoms. The summed E-state index contributed by atoms with van der Waals surface area (Å²) >= 11 is 0. The predicted octanol–water partition coefficient (Wildman–Crippen LogP) is 1.09. The van der Waals surface area contributed by atoms with Crippen LogP contribution in [0.4, 0.5) is 10.1 Å². The molecular formula is C11H16FN3O. The third kappa shape index (κ3) is 2.82. The van der Waals surface area contributed by atoms with Crippen molar-refractivity contribution in [2.45, 2.75) is 12.5 Å². The van der Waals surface area contributed by atoms with Crippen LogP contribution in [0, 0.1) is 0 Å². The lowest BCUT2D eigenvalue weighted by molar-refractivity contribution is 0.189. The van der Waals surface area contributed by atoms with Gasteiger partial charge in [0.15, 0.2) is 0 Å². The van der Waals surface area contributed by atoms with E-state index in [4.69, 9.17) is 10.5 Å². The van der Waals surface area contributed by atoms with E-state index in [1.165, 1.54) is 0 Å². The lowest BCUT2D eigenvalue weighted by atomic mass is 10.3. The standard InChI is InChI=1S/C11H16FN3O/c12-4-6-15-5-3-10(8-15)16-11-2-1-9(13)7-14-11/h1-2,7,10H,3-6,8,13H2/t10-/m1/s1. The number of halogens is 1. The largest absolute Gasteiger partial charge is 0.473 e. The summed E-state index contributed by atoms with van der Waals surface area (Å²) in [5.41, 5.74) is 6.15. The van der Waals surface area contributed by atoms with Gasteiger partial charge in [-0.3, -0.25) is 4.90 Å². The van der Waals surface area contributed by atoms with Gasteiger partial charge in [-0.25, -0.2) is 9.37 Å². The summed E-state index contributed by atoms with van der Waals surface area (Å²) in [6, 6.07) is 3.52. The van der Waals surface area contributed by atoms with E-state index in [0.717, 1.165) is 19.5 Å². The van der Waals surface area contributed by atoms with Gasteiger partial charge in [0, 0.05) is 25.7 Å². The quantitative estimate of drug-likeness (QED) is 0.833. The molecule has 1 aliphatic rings. The maximum absolute atomic E-state index is 12.1. The highest BCUT2D eigenvalue weighted by molar-refractivity contribution is 5.36. The van der Waals surface area contributed by atoms with Crippen LogP contribution in [0.5, 0.6) is 5.88 Å². The number of hydrogen-bond acceptors (Lipinski definition) is 4. The zero-order chi connectivity index (χ0) is 11.4. The SMILES string of the molecule is Nc1ccc(O[C@@H]2CCN(CCF)C2)nc1. The van der Waals surface area contributed by atoms with Crippen LogP contribution >= 0.6 is 0 Å². The molecule has 0 amide bonds. The zero-order valence-electron chi connectivity index (χ0n) is 9.10. The summed E-state index contributed by atoms with van der Waals surface area (Å²) in [4.78, 5) is 6.13. The number of nitrogens with zero attached hydrogens (tertiary/aromatic N) is 2. The van der Waals surface area contributed by atoms with E-state index in [-0.39, 0.29) is 12.8 Å². The number of anilines is 1. The van der Waals surface area contributed by atoms with Crippen LogP contribution in [0.1, 0.15) is 6.42 Å². The zero-order valence-corrected chi connectivity index (χ0v) is 9.10. The second-order valence-corrected chi connectivity index (χ2v) is 3.95. The highest BCUT2D eigenvalue weighted by atomic mass is 19.1. The van der Waals surface area contributed by atoms with Gasteiger partial charge < -0.3 is 10.5 Å². The summed E-state index contributed by atoms with van der Waals surface area (Å²) in [7, 11) is 0. The molecule has 0 unspecified atom stereocenters. The number of pyridine rings is 1. The van der Waals surface area contributed by atoms with Crippen LogP contribution in [0.2, 0.25) is 0 Å². The Kier molecular flexibility index (Phi) is 3.56. The summed E-state index contributed by atoms with van der Waals surface area (Å²) in [6.07, 6.45) is 2.61. The highest BCUT2D eigenvalue weighted by Gasteiger charge is 2.23. The van der Waals surface area contributed by atoms with E-state index in [9.17, 15) is 4.39 Å². The molecule has 2 rings (SSSR count). The first kappa shape index (κ1) is 11.1. The Morgan fingerprint density at radius 3 is 3.12 bits per heavy atom. The summed E-state index contributed by atoms with van der Waals surface area (Å²) < 4.78 is 17.8. The van der Waals surface area contributed by atoms with Gasteiger partial charge in [0.2, 0.25) is 5.88 Å². The van der Waals surface area contributed by atoms with E-state index in [0.29, 0.717) is 18.1 Å². The van der Waals surface area contributed by atoms with Crippen molar-refractivity contribution in [1.82, 2.24) is 9.88 Å². The fourth-order valence-corrected chi connectivity index (χ4v) is 1.85. The molecule has 0 radical (unpaired) electrons. The number of ether oxygens (including phenoxy) is 1. The summed E-state index contributed by atoms with van der Waals surface area (Å²) in [5.74, 6) is 0.585. The number of nitrogen functional groups attached to an aromatic ring is 1. The molecule has 1 fully saturated rings. The van der Waals surface area contributed by atoms with Crippen molar-refractivity contribution in [3.63, 3.8) is 0 Å². The number of nitrogens with two attached hydrogens (primary N) is 1. The van der Waals surface area contributed by atoms with Gasteiger partial charge in [-0.1, -0.05) is 0 Å². The van der Waals surface area contributed by atoms with Crippen LogP contribution in [-0.2, 0) is 0 Å². The molecule has 16 heavy (non-hydrogen) atoms. The first-order valence-electron chi connectivity index (χ1n) is 5.44. The highest BCUT2D eigenvalue weighted by Crippen LogP contribution is 2.16.